The van der Waals surface area contributed by atoms with E-state index < -0.39 is 11.7 Å². The molecule has 0 amide bonds. The normalized spacial score (nSPS) is 13.6. The Morgan fingerprint density at radius 2 is 1.63 bits per heavy atom. The summed E-state index contributed by atoms with van der Waals surface area (Å²) in [5.74, 6) is 0. The number of fused-ring (bicyclic) bond motifs is 2. The van der Waals surface area contributed by atoms with Crippen molar-refractivity contribution in [3.63, 3.8) is 0 Å². The Kier molecular flexibility index (Phi) is 2.86. The van der Waals surface area contributed by atoms with Crippen molar-refractivity contribution in [3.8, 4) is 0 Å². The van der Waals surface area contributed by atoms with Crippen molar-refractivity contribution in [2.24, 2.45) is 4.99 Å². The SMILES string of the molecule is FC(F)(F)c1cccc2c1C=Nc1ccccc1S2. The quantitative estimate of drug-likeness (QED) is 0.569. The number of halogens is 3. The molecule has 0 saturated carbocycles. The highest BCUT2D eigenvalue weighted by molar-refractivity contribution is 7.99. The number of aliphatic imine (C=N–C) groups is 1. The Balaban J connectivity index is 2.19. The lowest BCUT2D eigenvalue weighted by atomic mass is 10.1. The van der Waals surface area contributed by atoms with Crippen LogP contribution in [0.3, 0.4) is 0 Å². The van der Waals surface area contributed by atoms with Crippen LogP contribution < -0.4 is 0 Å². The molecule has 0 unspecified atom stereocenters. The molecule has 0 atom stereocenters. The van der Waals surface area contributed by atoms with Gasteiger partial charge in [0.2, 0.25) is 0 Å². The van der Waals surface area contributed by atoms with E-state index in [2.05, 4.69) is 4.99 Å². The molecule has 0 N–H and O–H groups in total. The monoisotopic (exact) mass is 279 g/mol. The van der Waals surface area contributed by atoms with E-state index in [-0.39, 0.29) is 5.56 Å². The molecule has 0 aromatic heterocycles. The smallest absolute Gasteiger partial charge is 0.255 e. The number of hydrogen-bond donors (Lipinski definition) is 0. The fourth-order valence-electron chi connectivity index (χ4n) is 1.92. The third kappa shape index (κ3) is 2.26. The first-order chi connectivity index (χ1) is 9.05. The van der Waals surface area contributed by atoms with Gasteiger partial charge in [-0.15, -0.1) is 0 Å². The summed E-state index contributed by atoms with van der Waals surface area (Å²) in [5, 5.41) is 0. The van der Waals surface area contributed by atoms with Crippen molar-refractivity contribution in [2.45, 2.75) is 16.0 Å². The van der Waals surface area contributed by atoms with Gasteiger partial charge >= 0.3 is 6.18 Å². The van der Waals surface area contributed by atoms with Gasteiger partial charge in [0.05, 0.1) is 11.3 Å². The summed E-state index contributed by atoms with van der Waals surface area (Å²) in [4.78, 5) is 5.59. The minimum Gasteiger partial charge on any atom is -0.255 e. The minimum absolute atomic E-state index is 0.135. The number of rotatable bonds is 0. The van der Waals surface area contributed by atoms with E-state index >= 15 is 0 Å². The fraction of sp³-hybridized carbons (Fsp3) is 0.0714. The van der Waals surface area contributed by atoms with Gasteiger partial charge in [0.25, 0.3) is 0 Å². The second-order valence-electron chi connectivity index (χ2n) is 4.04. The van der Waals surface area contributed by atoms with Crippen molar-refractivity contribution < 1.29 is 13.2 Å². The molecular formula is C14H8F3NS. The molecule has 1 nitrogen and oxygen atoms in total. The lowest BCUT2D eigenvalue weighted by Crippen LogP contribution is -2.09. The molecule has 19 heavy (non-hydrogen) atoms. The second-order valence-corrected chi connectivity index (χ2v) is 5.13. The lowest BCUT2D eigenvalue weighted by molar-refractivity contribution is -0.137. The molecule has 0 radical (unpaired) electrons. The molecule has 0 saturated heterocycles. The maximum Gasteiger partial charge on any atom is 0.417 e. The highest BCUT2D eigenvalue weighted by Gasteiger charge is 2.34. The van der Waals surface area contributed by atoms with Gasteiger partial charge < -0.3 is 0 Å². The first-order valence-electron chi connectivity index (χ1n) is 5.57. The van der Waals surface area contributed by atoms with Crippen LogP contribution in [0.5, 0.6) is 0 Å². The van der Waals surface area contributed by atoms with Crippen LogP contribution in [0, 0.1) is 0 Å². The largest absolute Gasteiger partial charge is 0.417 e. The van der Waals surface area contributed by atoms with Gasteiger partial charge in [-0.25, -0.2) is 0 Å². The van der Waals surface area contributed by atoms with Gasteiger partial charge in [-0.2, -0.15) is 13.2 Å². The van der Waals surface area contributed by atoms with Crippen molar-refractivity contribution in [2.75, 3.05) is 0 Å². The average Bonchev–Trinajstić information content (AvgIpc) is 2.55. The van der Waals surface area contributed by atoms with E-state index in [9.17, 15) is 13.2 Å². The van der Waals surface area contributed by atoms with Crippen LogP contribution >= 0.6 is 11.8 Å². The Morgan fingerprint density at radius 3 is 2.42 bits per heavy atom. The number of benzene rings is 2. The van der Waals surface area contributed by atoms with Crippen LogP contribution in [0.25, 0.3) is 0 Å². The molecule has 2 aromatic carbocycles. The molecular weight excluding hydrogens is 271 g/mol. The summed E-state index contributed by atoms with van der Waals surface area (Å²) in [6.45, 7) is 0. The van der Waals surface area contributed by atoms with Gasteiger partial charge in [0.1, 0.15) is 0 Å². The van der Waals surface area contributed by atoms with Gasteiger partial charge in [0.15, 0.2) is 0 Å². The number of hydrogen-bond acceptors (Lipinski definition) is 2. The van der Waals surface area contributed by atoms with Crippen LogP contribution in [-0.4, -0.2) is 6.21 Å². The molecule has 0 fully saturated rings. The standard InChI is InChI=1S/C14H8F3NS/c15-14(16,17)10-4-3-7-12-9(10)8-18-11-5-1-2-6-13(11)19-12/h1-8H. The summed E-state index contributed by atoms with van der Waals surface area (Å²) in [5.41, 5.74) is 0.182. The van der Waals surface area contributed by atoms with Crippen LogP contribution in [0.15, 0.2) is 57.2 Å². The van der Waals surface area contributed by atoms with E-state index in [1.807, 2.05) is 18.2 Å². The minimum atomic E-state index is -4.37. The van der Waals surface area contributed by atoms with E-state index in [4.69, 9.17) is 0 Å². The average molecular weight is 279 g/mol. The molecule has 2 aromatic rings. The Labute approximate surface area is 112 Å². The van der Waals surface area contributed by atoms with Crippen LogP contribution in [0.1, 0.15) is 11.1 Å². The highest BCUT2D eigenvalue weighted by Crippen LogP contribution is 2.42. The molecule has 1 aliphatic rings. The number of nitrogens with zero attached hydrogens (tertiary/aromatic N) is 1. The zero-order valence-electron chi connectivity index (χ0n) is 9.61. The molecule has 1 heterocycles. The molecule has 0 spiro atoms. The third-order valence-corrected chi connectivity index (χ3v) is 3.93. The zero-order chi connectivity index (χ0) is 13.5. The van der Waals surface area contributed by atoms with E-state index in [0.717, 1.165) is 11.0 Å². The molecule has 1 aliphatic heterocycles. The Morgan fingerprint density at radius 1 is 0.895 bits per heavy atom. The summed E-state index contributed by atoms with van der Waals surface area (Å²) < 4.78 is 38.9. The molecule has 3 rings (SSSR count). The topological polar surface area (TPSA) is 12.4 Å². The van der Waals surface area contributed by atoms with Crippen molar-refractivity contribution in [3.05, 3.63) is 53.6 Å². The van der Waals surface area contributed by atoms with Crippen molar-refractivity contribution in [1.29, 1.82) is 0 Å². The van der Waals surface area contributed by atoms with Crippen LogP contribution in [0.2, 0.25) is 0 Å². The lowest BCUT2D eigenvalue weighted by Gasteiger charge is -2.12. The predicted octanol–water partition coefficient (Wildman–Crippen LogP) is 4.92. The number of para-hydroxylation sites is 1. The molecule has 5 heteroatoms. The first-order valence-corrected chi connectivity index (χ1v) is 6.38. The molecule has 96 valence electrons. The fourth-order valence-corrected chi connectivity index (χ4v) is 2.94. The van der Waals surface area contributed by atoms with Crippen LogP contribution in [0.4, 0.5) is 18.9 Å². The van der Waals surface area contributed by atoms with Gasteiger partial charge in [-0.1, -0.05) is 30.0 Å². The third-order valence-electron chi connectivity index (χ3n) is 2.79. The van der Waals surface area contributed by atoms with Crippen molar-refractivity contribution in [1.82, 2.24) is 0 Å². The van der Waals surface area contributed by atoms with Gasteiger partial charge in [-0.05, 0) is 24.3 Å². The summed E-state index contributed by atoms with van der Waals surface area (Å²) in [6, 6.07) is 11.5. The maximum atomic E-state index is 13.0. The molecule has 0 aliphatic carbocycles. The first kappa shape index (κ1) is 12.3. The predicted molar refractivity (Wildman–Crippen MR) is 69.3 cm³/mol. The Bertz CT molecular complexity index is 662. The van der Waals surface area contributed by atoms with Crippen molar-refractivity contribution >= 4 is 23.7 Å². The summed E-state index contributed by atoms with van der Waals surface area (Å²) in [6.07, 6.45) is -3.06. The highest BCUT2D eigenvalue weighted by atomic mass is 32.2. The Hall–Kier alpha value is -1.75. The molecule has 0 bridgehead atoms. The van der Waals surface area contributed by atoms with E-state index in [0.29, 0.717) is 10.6 Å². The van der Waals surface area contributed by atoms with E-state index in [1.165, 1.54) is 24.0 Å². The summed E-state index contributed by atoms with van der Waals surface area (Å²) >= 11 is 1.31. The van der Waals surface area contributed by atoms with Gasteiger partial charge in [-0.3, -0.25) is 4.99 Å². The maximum absolute atomic E-state index is 13.0. The van der Waals surface area contributed by atoms with E-state index in [1.54, 1.807) is 12.1 Å². The van der Waals surface area contributed by atoms with Gasteiger partial charge in [0, 0.05) is 21.6 Å². The number of alkyl halides is 3. The zero-order valence-corrected chi connectivity index (χ0v) is 10.4. The van der Waals surface area contributed by atoms with Crippen LogP contribution in [-0.2, 0) is 6.18 Å². The second kappa shape index (κ2) is 4.42. The summed E-state index contributed by atoms with van der Waals surface area (Å²) in [7, 11) is 0.